The number of aromatic nitrogens is 1. The molecule has 1 aromatic heterocycles. The minimum Gasteiger partial charge on any atom is -0.462 e. The molecule has 0 aliphatic heterocycles. The summed E-state index contributed by atoms with van der Waals surface area (Å²) in [5.41, 5.74) is 9.19. The number of carbonyl (C=O) groups is 3. The summed E-state index contributed by atoms with van der Waals surface area (Å²) in [6.07, 6.45) is 1.51. The molecule has 34 heavy (non-hydrogen) atoms. The predicted molar refractivity (Wildman–Crippen MR) is 131 cm³/mol. The maximum absolute atomic E-state index is 12.2. The molecule has 0 unspecified atom stereocenters. The van der Waals surface area contributed by atoms with Crippen LogP contribution in [0.3, 0.4) is 0 Å². The van der Waals surface area contributed by atoms with Crippen LogP contribution in [0.15, 0.2) is 53.6 Å². The van der Waals surface area contributed by atoms with E-state index in [0.717, 1.165) is 22.6 Å². The van der Waals surface area contributed by atoms with Crippen molar-refractivity contribution in [3.63, 3.8) is 0 Å². The van der Waals surface area contributed by atoms with E-state index in [1.54, 1.807) is 6.92 Å². The van der Waals surface area contributed by atoms with Gasteiger partial charge in [0.2, 0.25) is 0 Å². The summed E-state index contributed by atoms with van der Waals surface area (Å²) >= 11 is 0. The van der Waals surface area contributed by atoms with E-state index in [-0.39, 0.29) is 6.61 Å². The Hall–Kier alpha value is -4.20. The molecule has 0 spiro atoms. The number of nitrogens with zero attached hydrogens (tertiary/aromatic N) is 2. The van der Waals surface area contributed by atoms with Crippen LogP contribution in [0.4, 0.5) is 5.69 Å². The largest absolute Gasteiger partial charge is 0.462 e. The van der Waals surface area contributed by atoms with Crippen LogP contribution < -0.4 is 10.7 Å². The number of ether oxygens (including phenoxy) is 1. The monoisotopic (exact) mass is 460 g/mol. The van der Waals surface area contributed by atoms with Crippen molar-refractivity contribution >= 4 is 29.7 Å². The fraction of sp³-hybridized carbons (Fsp3) is 0.231. The minimum atomic E-state index is -0.908. The molecule has 3 aromatic rings. The van der Waals surface area contributed by atoms with Gasteiger partial charge in [-0.1, -0.05) is 6.07 Å². The molecule has 0 saturated heterocycles. The third-order valence-corrected chi connectivity index (χ3v) is 5.16. The molecule has 2 amide bonds. The Balaban J connectivity index is 1.63. The summed E-state index contributed by atoms with van der Waals surface area (Å²) in [6.45, 7) is 10.1. The Labute approximate surface area is 198 Å². The minimum absolute atomic E-state index is 0.271. The van der Waals surface area contributed by atoms with Gasteiger partial charge in [-0.15, -0.1) is 0 Å². The van der Waals surface area contributed by atoms with Gasteiger partial charge in [-0.05, 0) is 88.2 Å². The maximum atomic E-state index is 12.2. The molecule has 8 heteroatoms. The second-order valence-corrected chi connectivity index (χ2v) is 7.96. The molecule has 176 valence electrons. The van der Waals surface area contributed by atoms with Gasteiger partial charge in [-0.25, -0.2) is 10.2 Å². The molecule has 1 heterocycles. The molecule has 0 aliphatic carbocycles. The van der Waals surface area contributed by atoms with Gasteiger partial charge < -0.3 is 14.6 Å². The summed E-state index contributed by atoms with van der Waals surface area (Å²) < 4.78 is 7.03. The summed E-state index contributed by atoms with van der Waals surface area (Å²) in [5, 5.41) is 6.41. The molecule has 0 bridgehead atoms. The number of hydrogen-bond acceptors (Lipinski definition) is 5. The molecule has 0 fully saturated rings. The quantitative estimate of drug-likeness (QED) is 0.251. The van der Waals surface area contributed by atoms with Gasteiger partial charge in [0.15, 0.2) is 0 Å². The highest BCUT2D eigenvalue weighted by Crippen LogP contribution is 2.22. The van der Waals surface area contributed by atoms with Crippen molar-refractivity contribution in [3.05, 3.63) is 82.2 Å². The maximum Gasteiger partial charge on any atom is 0.338 e. The number of aryl methyl sites for hydroxylation is 3. The predicted octanol–water partition coefficient (Wildman–Crippen LogP) is 3.98. The number of nitrogens with one attached hydrogen (secondary N) is 2. The van der Waals surface area contributed by atoms with Crippen molar-refractivity contribution in [3.8, 4) is 5.69 Å². The smallest absolute Gasteiger partial charge is 0.338 e. The second kappa shape index (κ2) is 10.6. The Kier molecular flexibility index (Phi) is 7.63. The van der Waals surface area contributed by atoms with Crippen LogP contribution >= 0.6 is 0 Å². The highest BCUT2D eigenvalue weighted by molar-refractivity contribution is 6.39. The zero-order valence-electron chi connectivity index (χ0n) is 19.9. The lowest BCUT2D eigenvalue weighted by Crippen LogP contribution is -2.32. The highest BCUT2D eigenvalue weighted by Gasteiger charge is 2.14. The number of anilines is 1. The van der Waals surface area contributed by atoms with Crippen molar-refractivity contribution in [2.45, 2.75) is 34.6 Å². The van der Waals surface area contributed by atoms with E-state index in [2.05, 4.69) is 52.5 Å². The summed E-state index contributed by atoms with van der Waals surface area (Å²) in [7, 11) is 0. The van der Waals surface area contributed by atoms with Crippen molar-refractivity contribution < 1.29 is 19.1 Å². The number of hydrazone groups is 1. The zero-order chi connectivity index (χ0) is 24.8. The molecule has 2 N–H and O–H groups in total. The summed E-state index contributed by atoms with van der Waals surface area (Å²) in [6, 6.07) is 14.4. The first-order valence-electron chi connectivity index (χ1n) is 10.9. The third-order valence-electron chi connectivity index (χ3n) is 5.16. The van der Waals surface area contributed by atoms with E-state index in [4.69, 9.17) is 4.74 Å². The molecule has 0 radical (unpaired) electrons. The van der Waals surface area contributed by atoms with E-state index in [0.29, 0.717) is 11.3 Å². The third kappa shape index (κ3) is 5.78. The average Bonchev–Trinajstić information content (AvgIpc) is 3.06. The summed E-state index contributed by atoms with van der Waals surface area (Å²) in [5.74, 6) is -2.24. The van der Waals surface area contributed by atoms with E-state index in [9.17, 15) is 14.4 Å². The van der Waals surface area contributed by atoms with Crippen molar-refractivity contribution in [1.82, 2.24) is 9.99 Å². The molecule has 3 rings (SSSR count). The van der Waals surface area contributed by atoms with Crippen molar-refractivity contribution in [2.75, 3.05) is 11.9 Å². The van der Waals surface area contributed by atoms with E-state index in [1.165, 1.54) is 41.6 Å². The Morgan fingerprint density at radius 2 is 1.59 bits per heavy atom. The SMILES string of the molecule is CCOC(=O)c1ccc(NC(=O)C(=O)N/N=C\c2cc(C)n(-c3cc(C)cc(C)c3)c2C)cc1. The Morgan fingerprint density at radius 3 is 2.21 bits per heavy atom. The molecule has 0 atom stereocenters. The molecule has 0 aliphatic rings. The van der Waals surface area contributed by atoms with Crippen LogP contribution in [0.2, 0.25) is 0 Å². The number of esters is 1. The first-order chi connectivity index (χ1) is 16.2. The van der Waals surface area contributed by atoms with Crippen LogP contribution in [0.5, 0.6) is 0 Å². The lowest BCUT2D eigenvalue weighted by molar-refractivity contribution is -0.136. The van der Waals surface area contributed by atoms with Crippen LogP contribution in [-0.4, -0.2) is 35.2 Å². The lowest BCUT2D eigenvalue weighted by atomic mass is 10.1. The van der Waals surface area contributed by atoms with Gasteiger partial charge in [-0.3, -0.25) is 9.59 Å². The standard InChI is InChI=1S/C26H28N4O4/c1-6-34-26(33)20-7-9-22(10-8-20)28-24(31)25(32)29-27-15-21-14-18(4)30(19(21)5)23-12-16(2)11-17(3)13-23/h7-15H,6H2,1-5H3,(H,28,31)(H,29,32)/b27-15-. The van der Waals surface area contributed by atoms with Gasteiger partial charge in [-0.2, -0.15) is 5.10 Å². The van der Waals surface area contributed by atoms with Crippen molar-refractivity contribution in [2.24, 2.45) is 5.10 Å². The van der Waals surface area contributed by atoms with Crippen LogP contribution in [0.1, 0.15) is 45.4 Å². The van der Waals surface area contributed by atoms with E-state index >= 15 is 0 Å². The van der Waals surface area contributed by atoms with Crippen LogP contribution in [-0.2, 0) is 14.3 Å². The van der Waals surface area contributed by atoms with Crippen LogP contribution in [0.25, 0.3) is 5.69 Å². The fourth-order valence-electron chi connectivity index (χ4n) is 3.70. The van der Waals surface area contributed by atoms with Gasteiger partial charge in [0.1, 0.15) is 0 Å². The zero-order valence-corrected chi connectivity index (χ0v) is 19.9. The normalized spacial score (nSPS) is 10.9. The van der Waals surface area contributed by atoms with Crippen LogP contribution in [0, 0.1) is 27.7 Å². The Bertz CT molecular complexity index is 1240. The number of hydrogen-bond donors (Lipinski definition) is 2. The molecule has 8 nitrogen and oxygen atoms in total. The number of benzene rings is 2. The van der Waals surface area contributed by atoms with Gasteiger partial charge in [0, 0.05) is 28.3 Å². The van der Waals surface area contributed by atoms with Crippen molar-refractivity contribution in [1.29, 1.82) is 0 Å². The second-order valence-electron chi connectivity index (χ2n) is 7.96. The number of carbonyl (C=O) groups excluding carboxylic acids is 3. The fourth-order valence-corrected chi connectivity index (χ4v) is 3.70. The molecule has 2 aromatic carbocycles. The first kappa shape index (κ1) is 24.4. The Morgan fingerprint density at radius 1 is 0.941 bits per heavy atom. The molecule has 0 saturated carbocycles. The molecular formula is C26H28N4O4. The van der Waals surface area contributed by atoms with E-state index in [1.807, 2.05) is 19.9 Å². The van der Waals surface area contributed by atoms with Gasteiger partial charge in [0.25, 0.3) is 0 Å². The topological polar surface area (TPSA) is 102 Å². The lowest BCUT2D eigenvalue weighted by Gasteiger charge is -2.11. The molecular weight excluding hydrogens is 432 g/mol. The number of rotatable bonds is 6. The highest BCUT2D eigenvalue weighted by atomic mass is 16.5. The van der Waals surface area contributed by atoms with E-state index < -0.39 is 17.8 Å². The first-order valence-corrected chi connectivity index (χ1v) is 10.9. The van der Waals surface area contributed by atoms with Gasteiger partial charge in [0.05, 0.1) is 18.4 Å². The number of amides is 2. The average molecular weight is 461 g/mol. The van der Waals surface area contributed by atoms with Gasteiger partial charge >= 0.3 is 17.8 Å². The summed E-state index contributed by atoms with van der Waals surface area (Å²) in [4.78, 5) is 36.0.